The first-order valence-electron chi connectivity index (χ1n) is 4.76. The van der Waals surface area contributed by atoms with Crippen LogP contribution in [-0.2, 0) is 0 Å². The summed E-state index contributed by atoms with van der Waals surface area (Å²) in [5.74, 6) is 3.81. The van der Waals surface area contributed by atoms with Crippen LogP contribution in [0.3, 0.4) is 0 Å². The zero-order valence-corrected chi connectivity index (χ0v) is 10.3. The topological polar surface area (TPSA) is 0 Å². The molecule has 12 heavy (non-hydrogen) atoms. The third kappa shape index (κ3) is 1.18. The predicted molar refractivity (Wildman–Crippen MR) is 60.1 cm³/mol. The monoisotopic (exact) mass is 248 g/mol. The van der Waals surface area contributed by atoms with E-state index in [1.54, 1.807) is 0 Å². The molecular formula is C10H17BrS. The smallest absolute Gasteiger partial charge is 0.00962 e. The molecule has 0 spiro atoms. The van der Waals surface area contributed by atoms with Crippen molar-refractivity contribution in [3.63, 3.8) is 0 Å². The first-order valence-corrected chi connectivity index (χ1v) is 7.04. The molecule has 2 unspecified atom stereocenters. The predicted octanol–water partition coefficient (Wildman–Crippen LogP) is 3.55. The standard InChI is InChI=1S/C10H17BrS/c1-9(2)6-10(9,7-11)8-3-4-12-5-8/h8H,3-7H2,1-2H3. The Morgan fingerprint density at radius 3 is 2.50 bits per heavy atom. The van der Waals surface area contributed by atoms with Crippen molar-refractivity contribution in [3.05, 3.63) is 0 Å². The van der Waals surface area contributed by atoms with Crippen molar-refractivity contribution in [1.82, 2.24) is 0 Å². The minimum atomic E-state index is 0.617. The molecule has 0 aromatic heterocycles. The van der Waals surface area contributed by atoms with E-state index in [-0.39, 0.29) is 0 Å². The lowest BCUT2D eigenvalue weighted by atomic mass is 9.84. The Morgan fingerprint density at radius 1 is 1.50 bits per heavy atom. The fourth-order valence-corrected chi connectivity index (χ4v) is 5.55. The summed E-state index contributed by atoms with van der Waals surface area (Å²) in [6.07, 6.45) is 2.90. The van der Waals surface area contributed by atoms with Crippen LogP contribution < -0.4 is 0 Å². The summed E-state index contributed by atoms with van der Waals surface area (Å²) >= 11 is 5.85. The second-order valence-electron chi connectivity index (χ2n) is 4.91. The van der Waals surface area contributed by atoms with Gasteiger partial charge in [-0.25, -0.2) is 0 Å². The van der Waals surface area contributed by atoms with E-state index in [9.17, 15) is 0 Å². The van der Waals surface area contributed by atoms with Crippen LogP contribution in [0.2, 0.25) is 0 Å². The number of thioether (sulfide) groups is 1. The van der Waals surface area contributed by atoms with Crippen LogP contribution in [0.15, 0.2) is 0 Å². The molecule has 1 aliphatic heterocycles. The van der Waals surface area contributed by atoms with Crippen molar-refractivity contribution >= 4 is 27.7 Å². The molecule has 2 atom stereocenters. The number of rotatable bonds is 2. The third-order valence-electron chi connectivity index (χ3n) is 3.93. The van der Waals surface area contributed by atoms with Crippen molar-refractivity contribution < 1.29 is 0 Å². The Balaban J connectivity index is 2.09. The van der Waals surface area contributed by atoms with Gasteiger partial charge in [0.1, 0.15) is 0 Å². The largest absolute Gasteiger partial charge is 0.162 e. The molecule has 0 bridgehead atoms. The van der Waals surface area contributed by atoms with Crippen molar-refractivity contribution in [1.29, 1.82) is 0 Å². The highest BCUT2D eigenvalue weighted by atomic mass is 79.9. The lowest BCUT2D eigenvalue weighted by Gasteiger charge is -2.24. The summed E-state index contributed by atoms with van der Waals surface area (Å²) < 4.78 is 0. The average Bonchev–Trinajstić information content (AvgIpc) is 2.52. The fraction of sp³-hybridized carbons (Fsp3) is 1.00. The molecule has 0 N–H and O–H groups in total. The Hall–Kier alpha value is 0.830. The summed E-state index contributed by atoms with van der Waals surface area (Å²) in [5.41, 5.74) is 1.28. The molecule has 0 nitrogen and oxygen atoms in total. The van der Waals surface area contributed by atoms with Crippen LogP contribution in [0.1, 0.15) is 26.7 Å². The molecule has 0 aromatic rings. The van der Waals surface area contributed by atoms with Gasteiger partial charge in [-0.15, -0.1) is 0 Å². The summed E-state index contributed by atoms with van der Waals surface area (Å²) in [5, 5.41) is 1.22. The van der Waals surface area contributed by atoms with Crippen LogP contribution in [0, 0.1) is 16.7 Å². The quantitative estimate of drug-likeness (QED) is 0.674. The first kappa shape index (κ1) is 9.39. The Labute approximate surface area is 88.0 Å². The van der Waals surface area contributed by atoms with Gasteiger partial charge in [0.15, 0.2) is 0 Å². The highest BCUT2D eigenvalue weighted by molar-refractivity contribution is 9.09. The van der Waals surface area contributed by atoms with Gasteiger partial charge in [-0.05, 0) is 41.1 Å². The Morgan fingerprint density at radius 2 is 2.17 bits per heavy atom. The van der Waals surface area contributed by atoms with Gasteiger partial charge in [0.2, 0.25) is 0 Å². The van der Waals surface area contributed by atoms with Gasteiger partial charge >= 0.3 is 0 Å². The Kier molecular flexibility index (Phi) is 2.28. The van der Waals surface area contributed by atoms with Crippen LogP contribution in [0.5, 0.6) is 0 Å². The molecule has 1 saturated carbocycles. The van der Waals surface area contributed by atoms with Gasteiger partial charge in [0.25, 0.3) is 0 Å². The number of hydrogen-bond donors (Lipinski definition) is 0. The van der Waals surface area contributed by atoms with Gasteiger partial charge in [0.05, 0.1) is 0 Å². The molecule has 0 amide bonds. The molecule has 70 valence electrons. The maximum absolute atomic E-state index is 3.71. The van der Waals surface area contributed by atoms with Gasteiger partial charge in [-0.1, -0.05) is 29.8 Å². The van der Waals surface area contributed by atoms with Crippen LogP contribution in [-0.4, -0.2) is 16.8 Å². The van der Waals surface area contributed by atoms with E-state index in [0.29, 0.717) is 10.8 Å². The van der Waals surface area contributed by atoms with Crippen molar-refractivity contribution in [2.24, 2.45) is 16.7 Å². The number of hydrogen-bond acceptors (Lipinski definition) is 1. The molecule has 1 aliphatic carbocycles. The van der Waals surface area contributed by atoms with E-state index in [1.807, 2.05) is 0 Å². The van der Waals surface area contributed by atoms with Crippen LogP contribution >= 0.6 is 27.7 Å². The second-order valence-corrected chi connectivity index (χ2v) is 6.62. The SMILES string of the molecule is CC1(C)CC1(CBr)C1CCSC1. The highest BCUT2D eigenvalue weighted by Crippen LogP contribution is 2.70. The zero-order valence-electron chi connectivity index (χ0n) is 7.90. The minimum absolute atomic E-state index is 0.617. The van der Waals surface area contributed by atoms with E-state index in [2.05, 4.69) is 41.5 Å². The molecule has 1 heterocycles. The molecule has 2 aliphatic rings. The van der Waals surface area contributed by atoms with E-state index < -0.39 is 0 Å². The summed E-state index contributed by atoms with van der Waals surface area (Å²) in [6.45, 7) is 4.86. The van der Waals surface area contributed by atoms with Crippen molar-refractivity contribution in [2.45, 2.75) is 26.7 Å². The molecule has 2 heteroatoms. The summed E-state index contributed by atoms with van der Waals surface area (Å²) in [6, 6.07) is 0. The maximum Gasteiger partial charge on any atom is 0.00962 e. The van der Waals surface area contributed by atoms with Gasteiger partial charge in [0, 0.05) is 5.33 Å². The summed E-state index contributed by atoms with van der Waals surface area (Å²) in [7, 11) is 0. The van der Waals surface area contributed by atoms with Gasteiger partial charge < -0.3 is 0 Å². The zero-order chi connectivity index (χ0) is 8.82. The second kappa shape index (κ2) is 2.91. The minimum Gasteiger partial charge on any atom is -0.162 e. The normalized spacial score (nSPS) is 44.8. The lowest BCUT2D eigenvalue weighted by molar-refractivity contribution is 0.303. The summed E-state index contributed by atoms with van der Waals surface area (Å²) in [4.78, 5) is 0. The van der Waals surface area contributed by atoms with Gasteiger partial charge in [-0.3, -0.25) is 0 Å². The first-order chi connectivity index (χ1) is 5.62. The molecular weight excluding hydrogens is 232 g/mol. The maximum atomic E-state index is 3.71. The van der Waals surface area contributed by atoms with Crippen molar-refractivity contribution in [3.8, 4) is 0 Å². The molecule has 1 saturated heterocycles. The van der Waals surface area contributed by atoms with E-state index in [0.717, 1.165) is 5.92 Å². The molecule has 2 fully saturated rings. The molecule has 0 aromatic carbocycles. The van der Waals surface area contributed by atoms with E-state index in [4.69, 9.17) is 0 Å². The number of alkyl halides is 1. The van der Waals surface area contributed by atoms with E-state index in [1.165, 1.54) is 29.7 Å². The van der Waals surface area contributed by atoms with Crippen LogP contribution in [0.25, 0.3) is 0 Å². The average molecular weight is 249 g/mol. The fourth-order valence-electron chi connectivity index (χ4n) is 2.75. The Bertz CT molecular complexity index is 184. The van der Waals surface area contributed by atoms with E-state index >= 15 is 0 Å². The molecule has 2 rings (SSSR count). The van der Waals surface area contributed by atoms with Crippen LogP contribution in [0.4, 0.5) is 0 Å². The van der Waals surface area contributed by atoms with Gasteiger partial charge in [-0.2, -0.15) is 11.8 Å². The highest BCUT2D eigenvalue weighted by Gasteiger charge is 2.63. The molecule has 0 radical (unpaired) electrons. The van der Waals surface area contributed by atoms with Crippen molar-refractivity contribution in [2.75, 3.05) is 16.8 Å². The third-order valence-corrected chi connectivity index (χ3v) is 6.09. The lowest BCUT2D eigenvalue weighted by Crippen LogP contribution is -2.22. The number of halogens is 1.